The van der Waals surface area contributed by atoms with E-state index in [9.17, 15) is 13.2 Å². The average Bonchev–Trinajstić information content (AvgIpc) is 3.00. The molecule has 0 aliphatic carbocycles. The summed E-state index contributed by atoms with van der Waals surface area (Å²) >= 11 is 0.720. The molecule has 1 saturated heterocycles. The van der Waals surface area contributed by atoms with E-state index in [2.05, 4.69) is 35.9 Å². The van der Waals surface area contributed by atoms with Crippen LogP contribution in [0.15, 0.2) is 24.4 Å². The Hall–Kier alpha value is -1.76. The Bertz CT molecular complexity index is 688. The van der Waals surface area contributed by atoms with Crippen molar-refractivity contribution < 1.29 is 13.2 Å². The summed E-state index contributed by atoms with van der Waals surface area (Å²) in [6.45, 7) is 7.11. The van der Waals surface area contributed by atoms with Crippen molar-refractivity contribution in [2.75, 3.05) is 36.0 Å². The van der Waals surface area contributed by atoms with E-state index in [1.54, 1.807) is 0 Å². The summed E-state index contributed by atoms with van der Waals surface area (Å²) in [7, 11) is 0. The molecule has 1 fully saturated rings. The van der Waals surface area contributed by atoms with E-state index in [0.717, 1.165) is 30.6 Å². The quantitative estimate of drug-likeness (QED) is 0.820. The van der Waals surface area contributed by atoms with Crippen LogP contribution in [-0.2, 0) is 6.18 Å². The van der Waals surface area contributed by atoms with E-state index in [-0.39, 0.29) is 0 Å². The summed E-state index contributed by atoms with van der Waals surface area (Å²) in [6, 6.07) is 6.23. The highest BCUT2D eigenvalue weighted by Crippen LogP contribution is 2.36. The van der Waals surface area contributed by atoms with Gasteiger partial charge in [0.15, 0.2) is 5.13 Å². The van der Waals surface area contributed by atoms with Gasteiger partial charge >= 0.3 is 6.18 Å². The zero-order valence-electron chi connectivity index (χ0n) is 13.0. The third kappa shape index (κ3) is 3.29. The number of piperazine rings is 1. The second-order valence-corrected chi connectivity index (χ2v) is 6.71. The number of thiazole rings is 1. The summed E-state index contributed by atoms with van der Waals surface area (Å²) in [5.41, 5.74) is 3.72. The van der Waals surface area contributed by atoms with Gasteiger partial charge in [-0.2, -0.15) is 13.2 Å². The fraction of sp³-hybridized carbons (Fsp3) is 0.438. The van der Waals surface area contributed by atoms with Crippen molar-refractivity contribution in [3.05, 3.63) is 40.4 Å². The lowest BCUT2D eigenvalue weighted by Crippen LogP contribution is -2.46. The molecule has 1 aromatic heterocycles. The van der Waals surface area contributed by atoms with Crippen LogP contribution in [0.1, 0.15) is 16.0 Å². The Morgan fingerprint density at radius 3 is 2.30 bits per heavy atom. The molecule has 0 saturated carbocycles. The number of nitrogens with zero attached hydrogens (tertiary/aromatic N) is 3. The molecule has 0 bridgehead atoms. The SMILES string of the molecule is Cc1cccc(N2CCN(c3ncc(C(F)(F)F)s3)CC2)c1C. The Morgan fingerprint density at radius 2 is 1.70 bits per heavy atom. The normalized spacial score (nSPS) is 16.0. The maximum atomic E-state index is 12.7. The van der Waals surface area contributed by atoms with Gasteiger partial charge in [-0.1, -0.05) is 23.5 Å². The summed E-state index contributed by atoms with van der Waals surface area (Å²) in [5, 5.41) is 0.456. The van der Waals surface area contributed by atoms with Crippen LogP contribution in [0.25, 0.3) is 0 Å². The van der Waals surface area contributed by atoms with E-state index in [1.165, 1.54) is 16.8 Å². The summed E-state index contributed by atoms with van der Waals surface area (Å²) < 4.78 is 38.0. The molecular weight excluding hydrogens is 323 g/mol. The minimum Gasteiger partial charge on any atom is -0.368 e. The van der Waals surface area contributed by atoms with Gasteiger partial charge < -0.3 is 9.80 Å². The first-order valence-corrected chi connectivity index (χ1v) is 8.27. The fourth-order valence-electron chi connectivity index (χ4n) is 2.76. The van der Waals surface area contributed by atoms with Crippen LogP contribution < -0.4 is 9.80 Å². The number of rotatable bonds is 2. The molecule has 1 aliphatic rings. The molecule has 0 spiro atoms. The van der Waals surface area contributed by atoms with Crippen LogP contribution in [0, 0.1) is 13.8 Å². The molecular formula is C16H18F3N3S. The van der Waals surface area contributed by atoms with E-state index in [1.807, 2.05) is 11.0 Å². The number of benzene rings is 1. The maximum Gasteiger partial charge on any atom is 0.427 e. The maximum absolute atomic E-state index is 12.7. The third-order valence-corrected chi connectivity index (χ3v) is 5.34. The highest BCUT2D eigenvalue weighted by atomic mass is 32.1. The molecule has 3 rings (SSSR count). The molecule has 124 valence electrons. The smallest absolute Gasteiger partial charge is 0.368 e. The number of aryl methyl sites for hydroxylation is 1. The minimum absolute atomic E-state index is 0.456. The molecule has 7 heteroatoms. The Kier molecular flexibility index (Phi) is 4.23. The summed E-state index contributed by atoms with van der Waals surface area (Å²) in [5.74, 6) is 0. The molecule has 0 unspecified atom stereocenters. The van der Waals surface area contributed by atoms with E-state index >= 15 is 0 Å². The lowest BCUT2D eigenvalue weighted by molar-refractivity contribution is -0.134. The predicted molar refractivity (Wildman–Crippen MR) is 87.5 cm³/mol. The highest BCUT2D eigenvalue weighted by molar-refractivity contribution is 7.15. The van der Waals surface area contributed by atoms with Crippen molar-refractivity contribution in [1.29, 1.82) is 0 Å². The molecule has 1 aliphatic heterocycles. The van der Waals surface area contributed by atoms with Crippen molar-refractivity contribution in [2.24, 2.45) is 0 Å². The van der Waals surface area contributed by atoms with Crippen LogP contribution in [0.5, 0.6) is 0 Å². The molecule has 0 radical (unpaired) electrons. The topological polar surface area (TPSA) is 19.4 Å². The van der Waals surface area contributed by atoms with Crippen LogP contribution in [0.2, 0.25) is 0 Å². The number of hydrogen-bond donors (Lipinski definition) is 0. The van der Waals surface area contributed by atoms with Crippen molar-refractivity contribution >= 4 is 22.2 Å². The van der Waals surface area contributed by atoms with Gasteiger partial charge in [0.2, 0.25) is 0 Å². The molecule has 23 heavy (non-hydrogen) atoms. The Balaban J connectivity index is 1.69. The lowest BCUT2D eigenvalue weighted by atomic mass is 10.1. The number of anilines is 2. The molecule has 0 amide bonds. The minimum atomic E-state index is -4.31. The summed E-state index contributed by atoms with van der Waals surface area (Å²) in [4.78, 5) is 7.53. The molecule has 3 nitrogen and oxygen atoms in total. The standard InChI is InChI=1S/C16H18F3N3S/c1-11-4-3-5-13(12(11)2)21-6-8-22(9-7-21)15-20-10-14(23-15)16(17,18)19/h3-5,10H,6-9H2,1-2H3. The number of halogens is 3. The third-order valence-electron chi connectivity index (χ3n) is 4.24. The van der Waals surface area contributed by atoms with Crippen molar-refractivity contribution in [3.8, 4) is 0 Å². The average molecular weight is 341 g/mol. The van der Waals surface area contributed by atoms with Crippen molar-refractivity contribution in [2.45, 2.75) is 20.0 Å². The van der Waals surface area contributed by atoms with Gasteiger partial charge in [-0.3, -0.25) is 0 Å². The van der Waals surface area contributed by atoms with Crippen LogP contribution in [-0.4, -0.2) is 31.2 Å². The van der Waals surface area contributed by atoms with Crippen molar-refractivity contribution in [3.63, 3.8) is 0 Å². The number of hydrogen-bond acceptors (Lipinski definition) is 4. The van der Waals surface area contributed by atoms with Gasteiger partial charge in [0.25, 0.3) is 0 Å². The lowest BCUT2D eigenvalue weighted by Gasteiger charge is -2.37. The highest BCUT2D eigenvalue weighted by Gasteiger charge is 2.34. The molecule has 2 aromatic rings. The van der Waals surface area contributed by atoms with Crippen molar-refractivity contribution in [1.82, 2.24) is 4.98 Å². The summed E-state index contributed by atoms with van der Waals surface area (Å²) in [6.07, 6.45) is -3.38. The predicted octanol–water partition coefficient (Wildman–Crippen LogP) is 4.11. The van der Waals surface area contributed by atoms with Gasteiger partial charge in [0, 0.05) is 31.9 Å². The number of alkyl halides is 3. The largest absolute Gasteiger partial charge is 0.427 e. The van der Waals surface area contributed by atoms with E-state index < -0.39 is 11.1 Å². The molecule has 0 atom stereocenters. The van der Waals surface area contributed by atoms with E-state index in [0.29, 0.717) is 18.2 Å². The first-order chi connectivity index (χ1) is 10.9. The molecule has 2 heterocycles. The van der Waals surface area contributed by atoms with E-state index in [4.69, 9.17) is 0 Å². The Morgan fingerprint density at radius 1 is 1.04 bits per heavy atom. The fourth-order valence-corrected chi connectivity index (χ4v) is 3.59. The van der Waals surface area contributed by atoms with Gasteiger partial charge in [-0.05, 0) is 31.0 Å². The van der Waals surface area contributed by atoms with Gasteiger partial charge in [-0.15, -0.1) is 0 Å². The first kappa shape index (κ1) is 16.1. The van der Waals surface area contributed by atoms with Crippen LogP contribution >= 0.6 is 11.3 Å². The van der Waals surface area contributed by atoms with Crippen LogP contribution in [0.3, 0.4) is 0 Å². The van der Waals surface area contributed by atoms with Gasteiger partial charge in [0.05, 0.1) is 6.20 Å². The number of aromatic nitrogens is 1. The monoisotopic (exact) mass is 341 g/mol. The van der Waals surface area contributed by atoms with Gasteiger partial charge in [0.1, 0.15) is 4.88 Å². The molecule has 1 aromatic carbocycles. The Labute approximate surface area is 137 Å². The zero-order valence-corrected chi connectivity index (χ0v) is 13.8. The van der Waals surface area contributed by atoms with Crippen LogP contribution in [0.4, 0.5) is 24.0 Å². The zero-order chi connectivity index (χ0) is 16.6. The second-order valence-electron chi connectivity index (χ2n) is 5.70. The van der Waals surface area contributed by atoms with Gasteiger partial charge in [-0.25, -0.2) is 4.98 Å². The first-order valence-electron chi connectivity index (χ1n) is 7.45. The molecule has 0 N–H and O–H groups in total. The second kappa shape index (κ2) is 6.03.